The first-order valence-electron chi connectivity index (χ1n) is 10.7. The van der Waals surface area contributed by atoms with Crippen molar-refractivity contribution in [1.29, 1.82) is 0 Å². The number of fused-ring (bicyclic) bond motifs is 1. The minimum absolute atomic E-state index is 0.104. The molecule has 0 aromatic carbocycles. The van der Waals surface area contributed by atoms with Crippen LogP contribution in [0.25, 0.3) is 22.4 Å². The fourth-order valence-electron chi connectivity index (χ4n) is 3.96. The Bertz CT molecular complexity index is 1230. The van der Waals surface area contributed by atoms with Gasteiger partial charge in [-0.2, -0.15) is 10.2 Å². The van der Waals surface area contributed by atoms with Gasteiger partial charge in [0, 0.05) is 47.8 Å². The van der Waals surface area contributed by atoms with E-state index in [0.29, 0.717) is 34.8 Å². The number of carbonyl (C=O) groups is 1. The van der Waals surface area contributed by atoms with Crippen molar-refractivity contribution in [3.63, 3.8) is 0 Å². The third kappa shape index (κ3) is 3.60. The third-order valence-corrected chi connectivity index (χ3v) is 5.76. The summed E-state index contributed by atoms with van der Waals surface area (Å²) in [6.07, 6.45) is 7.54. The van der Waals surface area contributed by atoms with Crippen molar-refractivity contribution in [2.24, 2.45) is 0 Å². The van der Waals surface area contributed by atoms with E-state index in [1.165, 1.54) is 0 Å². The number of pyridine rings is 1. The molecule has 4 heterocycles. The quantitative estimate of drug-likeness (QED) is 0.493. The lowest BCUT2D eigenvalue weighted by Gasteiger charge is -2.15. The van der Waals surface area contributed by atoms with Crippen LogP contribution in [0.5, 0.6) is 0 Å². The molecule has 4 aromatic heterocycles. The fraction of sp³-hybridized carbons (Fsp3) is 0.409. The van der Waals surface area contributed by atoms with Gasteiger partial charge in [-0.1, -0.05) is 5.16 Å². The van der Waals surface area contributed by atoms with Crippen LogP contribution in [-0.4, -0.2) is 41.7 Å². The van der Waals surface area contributed by atoms with Gasteiger partial charge >= 0.3 is 0 Å². The zero-order chi connectivity index (χ0) is 21.5. The average Bonchev–Trinajstić information content (AvgIpc) is 3.14. The van der Waals surface area contributed by atoms with Gasteiger partial charge in [0.25, 0.3) is 11.6 Å². The zero-order valence-electron chi connectivity index (χ0n) is 17.9. The van der Waals surface area contributed by atoms with Crippen molar-refractivity contribution in [1.82, 2.24) is 35.0 Å². The van der Waals surface area contributed by atoms with Crippen LogP contribution in [0.2, 0.25) is 0 Å². The van der Waals surface area contributed by atoms with Gasteiger partial charge in [0.1, 0.15) is 5.69 Å². The monoisotopic (exact) mass is 419 g/mol. The normalized spacial score (nSPS) is 14.8. The highest BCUT2D eigenvalue weighted by molar-refractivity contribution is 6.09. The summed E-state index contributed by atoms with van der Waals surface area (Å²) >= 11 is 0. The van der Waals surface area contributed by atoms with Gasteiger partial charge in [-0.15, -0.1) is 0 Å². The van der Waals surface area contributed by atoms with Crippen molar-refractivity contribution >= 4 is 17.0 Å². The van der Waals surface area contributed by atoms with Crippen molar-refractivity contribution in [2.45, 2.75) is 58.7 Å². The summed E-state index contributed by atoms with van der Waals surface area (Å²) in [5, 5.41) is 16.7. The molecule has 9 heteroatoms. The molecule has 9 nitrogen and oxygen atoms in total. The predicted molar refractivity (Wildman–Crippen MR) is 115 cm³/mol. The molecule has 1 amide bonds. The summed E-state index contributed by atoms with van der Waals surface area (Å²) in [4.78, 5) is 18.0. The van der Waals surface area contributed by atoms with E-state index in [9.17, 15) is 4.79 Å². The Labute approximate surface area is 179 Å². The van der Waals surface area contributed by atoms with Gasteiger partial charge in [0.15, 0.2) is 0 Å². The number of hydrogen-bond donors (Lipinski definition) is 1. The van der Waals surface area contributed by atoms with Crippen molar-refractivity contribution in [3.8, 4) is 11.3 Å². The second-order valence-corrected chi connectivity index (χ2v) is 8.14. The van der Waals surface area contributed by atoms with Crippen molar-refractivity contribution < 1.29 is 9.32 Å². The van der Waals surface area contributed by atoms with E-state index in [4.69, 9.17) is 4.52 Å². The molecule has 0 saturated heterocycles. The summed E-state index contributed by atoms with van der Waals surface area (Å²) in [5.74, 6) is 0.217. The standard InChI is InChI=1S/C22H25N7O2/c1-4-29-14(3)17(11-24-29)20-19-16(10-18(15-6-7-15)26-22(19)31-27-20)21(30)25-13(2)12-28-9-5-8-23-28/h5,8-11,13,15H,4,6-7,12H2,1-3H3,(H,25,30)/t13-/m0/s1. The summed E-state index contributed by atoms with van der Waals surface area (Å²) in [5.41, 5.74) is 4.25. The van der Waals surface area contributed by atoms with Gasteiger partial charge < -0.3 is 9.84 Å². The predicted octanol–water partition coefficient (Wildman–Crippen LogP) is 3.31. The number of nitrogens with zero attached hydrogens (tertiary/aromatic N) is 6. The first-order valence-corrected chi connectivity index (χ1v) is 10.7. The Morgan fingerprint density at radius 1 is 1.35 bits per heavy atom. The van der Waals surface area contributed by atoms with Crippen LogP contribution in [0.4, 0.5) is 0 Å². The van der Waals surface area contributed by atoms with Crippen LogP contribution in [0.3, 0.4) is 0 Å². The Hall–Kier alpha value is -3.49. The van der Waals surface area contributed by atoms with E-state index in [2.05, 4.69) is 25.7 Å². The fourth-order valence-corrected chi connectivity index (χ4v) is 3.96. The summed E-state index contributed by atoms with van der Waals surface area (Å²) in [6, 6.07) is 3.66. The molecular weight excluding hydrogens is 394 g/mol. The molecule has 1 aliphatic carbocycles. The minimum atomic E-state index is -0.168. The lowest BCUT2D eigenvalue weighted by Crippen LogP contribution is -2.36. The van der Waals surface area contributed by atoms with Gasteiger partial charge in [0.2, 0.25) is 0 Å². The van der Waals surface area contributed by atoms with Crippen LogP contribution in [0.1, 0.15) is 54.4 Å². The second-order valence-electron chi connectivity index (χ2n) is 8.14. The maximum atomic E-state index is 13.4. The molecule has 1 atom stereocenters. The maximum absolute atomic E-state index is 13.4. The molecule has 1 fully saturated rings. The van der Waals surface area contributed by atoms with Crippen LogP contribution < -0.4 is 5.32 Å². The van der Waals surface area contributed by atoms with Gasteiger partial charge in [-0.25, -0.2) is 4.98 Å². The van der Waals surface area contributed by atoms with Crippen LogP contribution in [0.15, 0.2) is 35.2 Å². The number of carbonyl (C=O) groups excluding carboxylic acids is 1. The van der Waals surface area contributed by atoms with Gasteiger partial charge in [0.05, 0.1) is 23.7 Å². The van der Waals surface area contributed by atoms with E-state index in [0.717, 1.165) is 36.3 Å². The van der Waals surface area contributed by atoms with Crippen LogP contribution in [-0.2, 0) is 13.1 Å². The SMILES string of the molecule is CCn1ncc(-c2noc3nc(C4CC4)cc(C(=O)N[C@@H](C)Cn4cccn4)c23)c1C. The number of hydrogen-bond acceptors (Lipinski definition) is 6. The highest BCUT2D eigenvalue weighted by Crippen LogP contribution is 2.41. The van der Waals surface area contributed by atoms with Crippen LogP contribution in [0, 0.1) is 6.92 Å². The first-order chi connectivity index (χ1) is 15.0. The Kier molecular flexibility index (Phi) is 4.80. The van der Waals surface area contributed by atoms with E-state index >= 15 is 0 Å². The number of aryl methyl sites for hydroxylation is 1. The highest BCUT2D eigenvalue weighted by atomic mass is 16.5. The molecule has 0 aliphatic heterocycles. The summed E-state index contributed by atoms with van der Waals surface area (Å²) in [7, 11) is 0. The summed E-state index contributed by atoms with van der Waals surface area (Å²) in [6.45, 7) is 7.33. The van der Waals surface area contributed by atoms with Crippen LogP contribution >= 0.6 is 0 Å². The number of aromatic nitrogens is 6. The first kappa shape index (κ1) is 19.5. The largest absolute Gasteiger partial charge is 0.348 e. The molecule has 4 aromatic rings. The molecule has 0 bridgehead atoms. The Morgan fingerprint density at radius 3 is 2.87 bits per heavy atom. The molecule has 1 N–H and O–H groups in total. The van der Waals surface area contributed by atoms with E-state index in [1.54, 1.807) is 17.1 Å². The van der Waals surface area contributed by atoms with E-state index in [-0.39, 0.29) is 11.9 Å². The van der Waals surface area contributed by atoms with Gasteiger partial charge in [-0.3, -0.25) is 14.2 Å². The van der Waals surface area contributed by atoms with Gasteiger partial charge in [-0.05, 0) is 45.7 Å². The Morgan fingerprint density at radius 2 is 2.19 bits per heavy atom. The van der Waals surface area contributed by atoms with E-state index < -0.39 is 0 Å². The van der Waals surface area contributed by atoms with Crippen molar-refractivity contribution in [3.05, 3.63) is 47.7 Å². The smallest absolute Gasteiger partial charge is 0.259 e. The molecular formula is C22H25N7O2. The molecule has 1 aliphatic rings. The highest BCUT2D eigenvalue weighted by Gasteiger charge is 2.30. The zero-order valence-corrected chi connectivity index (χ0v) is 17.9. The molecule has 31 heavy (non-hydrogen) atoms. The number of rotatable bonds is 7. The maximum Gasteiger partial charge on any atom is 0.259 e. The van der Waals surface area contributed by atoms with Crippen molar-refractivity contribution in [2.75, 3.05) is 0 Å². The molecule has 0 spiro atoms. The molecule has 0 radical (unpaired) electrons. The molecule has 5 rings (SSSR count). The topological polar surface area (TPSA) is 104 Å². The third-order valence-electron chi connectivity index (χ3n) is 5.76. The number of nitrogens with one attached hydrogen (secondary N) is 1. The lowest BCUT2D eigenvalue weighted by atomic mass is 10.0. The second kappa shape index (κ2) is 7.64. The Balaban J connectivity index is 1.55. The minimum Gasteiger partial charge on any atom is -0.348 e. The molecule has 160 valence electrons. The average molecular weight is 419 g/mol. The number of amides is 1. The lowest BCUT2D eigenvalue weighted by molar-refractivity contribution is 0.0937. The van der Waals surface area contributed by atoms with E-state index in [1.807, 2.05) is 43.8 Å². The molecule has 1 saturated carbocycles. The summed E-state index contributed by atoms with van der Waals surface area (Å²) < 4.78 is 9.31. The molecule has 0 unspecified atom stereocenters.